The standard InChI is InChI=1S/C17H23N5/c18-17(21-15-7-2-1-3-8-15)20-12-14-6-4-5-9-16(14)22-11-10-19-13-22/h4-6,9-11,13,15H,1-3,7-8,12H2,(H3,18,20,21). The van der Waals surface area contributed by atoms with Gasteiger partial charge in [0.15, 0.2) is 5.96 Å². The van der Waals surface area contributed by atoms with Crippen LogP contribution in [0.1, 0.15) is 37.7 Å². The molecule has 1 heterocycles. The van der Waals surface area contributed by atoms with Gasteiger partial charge in [-0.25, -0.2) is 9.98 Å². The minimum Gasteiger partial charge on any atom is -0.370 e. The number of aliphatic imine (C=N–C) groups is 1. The molecule has 5 heteroatoms. The summed E-state index contributed by atoms with van der Waals surface area (Å²) < 4.78 is 2.00. The van der Waals surface area contributed by atoms with E-state index in [9.17, 15) is 0 Å². The van der Waals surface area contributed by atoms with Crippen LogP contribution in [0.2, 0.25) is 0 Å². The second-order valence-corrected chi connectivity index (χ2v) is 5.78. The fourth-order valence-electron chi connectivity index (χ4n) is 2.97. The Balaban J connectivity index is 1.66. The van der Waals surface area contributed by atoms with Crippen LogP contribution in [0.3, 0.4) is 0 Å². The highest BCUT2D eigenvalue weighted by Gasteiger charge is 2.13. The van der Waals surface area contributed by atoms with Crippen molar-refractivity contribution in [3.63, 3.8) is 0 Å². The second-order valence-electron chi connectivity index (χ2n) is 5.78. The molecule has 0 atom stereocenters. The molecular formula is C17H23N5. The summed E-state index contributed by atoms with van der Waals surface area (Å²) in [4.78, 5) is 8.61. The van der Waals surface area contributed by atoms with Gasteiger partial charge in [0.05, 0.1) is 18.6 Å². The molecule has 3 N–H and O–H groups in total. The third-order valence-corrected chi connectivity index (χ3v) is 4.15. The number of para-hydroxylation sites is 1. The van der Waals surface area contributed by atoms with E-state index in [0.717, 1.165) is 11.3 Å². The first-order chi connectivity index (χ1) is 10.8. The maximum atomic E-state index is 6.04. The van der Waals surface area contributed by atoms with Gasteiger partial charge in [0.25, 0.3) is 0 Å². The third kappa shape index (κ3) is 3.67. The Morgan fingerprint density at radius 3 is 2.86 bits per heavy atom. The van der Waals surface area contributed by atoms with Gasteiger partial charge in [-0.1, -0.05) is 37.5 Å². The molecule has 116 valence electrons. The van der Waals surface area contributed by atoms with Crippen LogP contribution >= 0.6 is 0 Å². The maximum absolute atomic E-state index is 6.04. The molecular weight excluding hydrogens is 274 g/mol. The van der Waals surface area contributed by atoms with Gasteiger partial charge in [0.1, 0.15) is 0 Å². The second kappa shape index (κ2) is 7.11. The van der Waals surface area contributed by atoms with E-state index in [-0.39, 0.29) is 0 Å². The summed E-state index contributed by atoms with van der Waals surface area (Å²) in [5.41, 5.74) is 8.27. The molecule has 22 heavy (non-hydrogen) atoms. The zero-order valence-corrected chi connectivity index (χ0v) is 12.8. The minimum absolute atomic E-state index is 0.487. The summed E-state index contributed by atoms with van der Waals surface area (Å²) in [6.07, 6.45) is 11.8. The molecule has 1 aliphatic rings. The van der Waals surface area contributed by atoms with Gasteiger partial charge < -0.3 is 15.6 Å². The molecule has 1 aromatic heterocycles. The number of imidazole rings is 1. The lowest BCUT2D eigenvalue weighted by atomic mass is 9.96. The molecule has 0 unspecified atom stereocenters. The summed E-state index contributed by atoms with van der Waals surface area (Å²) in [6, 6.07) is 8.67. The first-order valence-corrected chi connectivity index (χ1v) is 7.95. The van der Waals surface area contributed by atoms with Crippen molar-refractivity contribution in [2.75, 3.05) is 0 Å². The number of nitrogens with zero attached hydrogens (tertiary/aromatic N) is 3. The number of aromatic nitrogens is 2. The molecule has 1 fully saturated rings. The number of nitrogens with two attached hydrogens (primary N) is 1. The fraction of sp³-hybridized carbons (Fsp3) is 0.412. The number of rotatable bonds is 4. The first kappa shape index (κ1) is 14.6. The van der Waals surface area contributed by atoms with E-state index in [2.05, 4.69) is 27.4 Å². The third-order valence-electron chi connectivity index (χ3n) is 4.15. The van der Waals surface area contributed by atoms with E-state index in [1.807, 2.05) is 22.9 Å². The van der Waals surface area contributed by atoms with E-state index in [0.29, 0.717) is 18.5 Å². The highest BCUT2D eigenvalue weighted by Crippen LogP contribution is 2.17. The van der Waals surface area contributed by atoms with Crippen LogP contribution in [-0.4, -0.2) is 21.6 Å². The highest BCUT2D eigenvalue weighted by molar-refractivity contribution is 5.78. The van der Waals surface area contributed by atoms with Crippen molar-refractivity contribution in [3.8, 4) is 5.69 Å². The number of benzene rings is 1. The lowest BCUT2D eigenvalue weighted by molar-refractivity contribution is 0.412. The molecule has 2 aromatic rings. The predicted octanol–water partition coefficient (Wildman–Crippen LogP) is 2.61. The molecule has 1 aromatic carbocycles. The summed E-state index contributed by atoms with van der Waals surface area (Å²) in [5, 5.41) is 3.35. The summed E-state index contributed by atoms with van der Waals surface area (Å²) in [5.74, 6) is 0.548. The molecule has 1 aliphatic carbocycles. The smallest absolute Gasteiger partial charge is 0.189 e. The van der Waals surface area contributed by atoms with Crippen LogP contribution in [0.5, 0.6) is 0 Å². The number of nitrogens with one attached hydrogen (secondary N) is 1. The van der Waals surface area contributed by atoms with Crippen molar-refractivity contribution < 1.29 is 0 Å². The van der Waals surface area contributed by atoms with Crippen molar-refractivity contribution in [2.45, 2.75) is 44.7 Å². The SMILES string of the molecule is NC(=NCc1ccccc1-n1ccnc1)NC1CCCCC1. The zero-order valence-electron chi connectivity index (χ0n) is 12.8. The monoisotopic (exact) mass is 297 g/mol. The predicted molar refractivity (Wildman–Crippen MR) is 88.9 cm³/mol. The van der Waals surface area contributed by atoms with Crippen LogP contribution in [0, 0.1) is 0 Å². The van der Waals surface area contributed by atoms with E-state index in [1.54, 1.807) is 12.5 Å². The minimum atomic E-state index is 0.487. The van der Waals surface area contributed by atoms with Gasteiger partial charge in [-0.05, 0) is 24.5 Å². The van der Waals surface area contributed by atoms with Gasteiger partial charge in [-0.15, -0.1) is 0 Å². The molecule has 0 bridgehead atoms. The van der Waals surface area contributed by atoms with Crippen molar-refractivity contribution >= 4 is 5.96 Å². The van der Waals surface area contributed by atoms with Crippen LogP contribution in [0.15, 0.2) is 48.0 Å². The van der Waals surface area contributed by atoms with Gasteiger partial charge in [0.2, 0.25) is 0 Å². The van der Waals surface area contributed by atoms with Gasteiger partial charge in [0, 0.05) is 18.4 Å². The number of hydrogen-bond acceptors (Lipinski definition) is 2. The van der Waals surface area contributed by atoms with Crippen molar-refractivity contribution in [3.05, 3.63) is 48.5 Å². The van der Waals surface area contributed by atoms with Crippen LogP contribution < -0.4 is 11.1 Å². The topological polar surface area (TPSA) is 68.2 Å². The summed E-state index contributed by atoms with van der Waals surface area (Å²) in [6.45, 7) is 0.569. The quantitative estimate of drug-likeness (QED) is 0.673. The maximum Gasteiger partial charge on any atom is 0.189 e. The molecule has 0 radical (unpaired) electrons. The van der Waals surface area contributed by atoms with Crippen LogP contribution in [-0.2, 0) is 6.54 Å². The Kier molecular flexibility index (Phi) is 4.73. The van der Waals surface area contributed by atoms with Crippen molar-refractivity contribution in [1.82, 2.24) is 14.9 Å². The van der Waals surface area contributed by atoms with Gasteiger partial charge in [-0.2, -0.15) is 0 Å². The molecule has 3 rings (SSSR count). The van der Waals surface area contributed by atoms with E-state index in [4.69, 9.17) is 5.73 Å². The number of guanidine groups is 1. The molecule has 0 amide bonds. The average Bonchev–Trinajstić information content (AvgIpc) is 3.08. The van der Waals surface area contributed by atoms with Crippen LogP contribution in [0.4, 0.5) is 0 Å². The molecule has 0 aliphatic heterocycles. The van der Waals surface area contributed by atoms with Crippen molar-refractivity contribution in [2.24, 2.45) is 10.7 Å². The summed E-state index contributed by atoms with van der Waals surface area (Å²) in [7, 11) is 0. The Bertz CT molecular complexity index is 612. The molecule has 1 saturated carbocycles. The van der Waals surface area contributed by atoms with E-state index < -0.39 is 0 Å². The highest BCUT2D eigenvalue weighted by atomic mass is 15.1. The van der Waals surface area contributed by atoms with E-state index in [1.165, 1.54) is 32.1 Å². The first-order valence-electron chi connectivity index (χ1n) is 7.95. The summed E-state index contributed by atoms with van der Waals surface area (Å²) >= 11 is 0. The van der Waals surface area contributed by atoms with Gasteiger partial charge >= 0.3 is 0 Å². The molecule has 0 spiro atoms. The van der Waals surface area contributed by atoms with Gasteiger partial charge in [-0.3, -0.25) is 0 Å². The Morgan fingerprint density at radius 1 is 1.27 bits per heavy atom. The van der Waals surface area contributed by atoms with E-state index >= 15 is 0 Å². The largest absolute Gasteiger partial charge is 0.370 e. The Labute approximate surface area is 131 Å². The number of hydrogen-bond donors (Lipinski definition) is 2. The fourth-order valence-corrected chi connectivity index (χ4v) is 2.97. The average molecular weight is 297 g/mol. The Morgan fingerprint density at radius 2 is 2.09 bits per heavy atom. The van der Waals surface area contributed by atoms with Crippen molar-refractivity contribution in [1.29, 1.82) is 0 Å². The zero-order chi connectivity index (χ0) is 15.2. The molecule has 0 saturated heterocycles. The Hall–Kier alpha value is -2.30. The van der Waals surface area contributed by atoms with Crippen LogP contribution in [0.25, 0.3) is 5.69 Å². The lowest BCUT2D eigenvalue weighted by Crippen LogP contribution is -2.41. The normalized spacial score (nSPS) is 16.6. The molecule has 5 nitrogen and oxygen atoms in total. The lowest BCUT2D eigenvalue weighted by Gasteiger charge is -2.23.